The van der Waals surface area contributed by atoms with Crippen molar-refractivity contribution in [3.63, 3.8) is 0 Å². The van der Waals surface area contributed by atoms with E-state index in [1.807, 2.05) is 0 Å². The molecular weight excluding hydrogens is 848 g/mol. The molecular formula is C36H28Cr2F8O10. The smallest absolute Gasteiger partial charge is 0.545 e. The topological polar surface area (TPSA) is 179 Å². The average molecular weight is 877 g/mol. The molecule has 4 aromatic carbocycles. The number of carboxylic acids is 4. The number of hydrogen-bond acceptors (Lipinski definition) is 10. The molecule has 300 valence electrons. The fourth-order valence-corrected chi connectivity index (χ4v) is 3.79. The van der Waals surface area contributed by atoms with E-state index in [-0.39, 0.29) is 34.7 Å². The molecule has 0 radical (unpaired) electrons. The molecule has 0 saturated carbocycles. The number of hydrogen-bond donors (Lipinski definition) is 0. The molecule has 2 heterocycles. The maximum absolute atomic E-state index is 12.4. The Morgan fingerprint density at radius 3 is 0.571 bits per heavy atom. The van der Waals surface area contributed by atoms with Gasteiger partial charge in [0.15, 0.2) is 0 Å². The van der Waals surface area contributed by atoms with Gasteiger partial charge in [-0.2, -0.15) is 0 Å². The van der Waals surface area contributed by atoms with E-state index in [1.165, 1.54) is 25.7 Å². The first-order chi connectivity index (χ1) is 25.5. The van der Waals surface area contributed by atoms with Crippen LogP contribution < -0.4 is 20.4 Å². The van der Waals surface area contributed by atoms with Gasteiger partial charge in [0.2, 0.25) is 0 Å². The molecule has 0 N–H and O–H groups in total. The molecule has 2 fully saturated rings. The zero-order valence-corrected chi connectivity index (χ0v) is 31.1. The summed E-state index contributed by atoms with van der Waals surface area (Å²) in [4.78, 5) is 40.2. The molecule has 56 heavy (non-hydrogen) atoms. The molecule has 0 unspecified atom stereocenters. The minimum absolute atomic E-state index is 0. The van der Waals surface area contributed by atoms with E-state index in [9.17, 15) is 74.7 Å². The summed E-state index contributed by atoms with van der Waals surface area (Å²) in [6.07, 6.45) is 5.11. The predicted molar refractivity (Wildman–Crippen MR) is 163 cm³/mol. The van der Waals surface area contributed by atoms with Crippen molar-refractivity contribution in [1.29, 1.82) is 0 Å². The number of carbonyl (C=O) groups excluding carboxylic acids is 4. The van der Waals surface area contributed by atoms with E-state index in [0.717, 1.165) is 99.2 Å². The Balaban J connectivity index is 0. The standard InChI is InChI=1S/4C7H4F2O2.2C4H8O.2Cr/c4*8-4-2-1-3-5(9)6(4)7(10)11;2*1-2-4-5-3-1;;/h4*1-3H,(H,10,11);2*1-4H2;;/q;;;;;;2*+2/p-4. The van der Waals surface area contributed by atoms with Crippen LogP contribution in [0, 0.1) is 46.5 Å². The molecule has 0 amide bonds. The first-order valence-electron chi connectivity index (χ1n) is 15.3. The van der Waals surface area contributed by atoms with Crippen LogP contribution in [0.1, 0.15) is 67.1 Å². The summed E-state index contributed by atoms with van der Waals surface area (Å²) in [6, 6.07) is 11.2. The average Bonchev–Trinajstić information content (AvgIpc) is 3.86. The van der Waals surface area contributed by atoms with Crippen LogP contribution in [0.5, 0.6) is 0 Å². The summed E-state index contributed by atoms with van der Waals surface area (Å²) >= 11 is 0. The van der Waals surface area contributed by atoms with Crippen LogP contribution in [0.2, 0.25) is 0 Å². The van der Waals surface area contributed by atoms with Crippen molar-refractivity contribution in [2.24, 2.45) is 0 Å². The first-order valence-corrected chi connectivity index (χ1v) is 15.3. The fraction of sp³-hybridized carbons (Fsp3) is 0.222. The van der Waals surface area contributed by atoms with Crippen molar-refractivity contribution in [3.05, 3.63) is 142 Å². The second-order valence-electron chi connectivity index (χ2n) is 10.2. The van der Waals surface area contributed by atoms with E-state index in [2.05, 4.69) is 0 Å². The van der Waals surface area contributed by atoms with Gasteiger partial charge in [-0.25, -0.2) is 35.1 Å². The first kappa shape index (κ1) is 53.3. The third kappa shape index (κ3) is 19.2. The van der Waals surface area contributed by atoms with Gasteiger partial charge in [0.25, 0.3) is 0 Å². The van der Waals surface area contributed by atoms with E-state index in [1.54, 1.807) is 0 Å². The molecule has 4 aromatic rings. The normalized spacial score (nSPS) is 11.9. The summed E-state index contributed by atoms with van der Waals surface area (Å²) in [5.74, 6) is -16.3. The van der Waals surface area contributed by atoms with Gasteiger partial charge in [-0.05, 0) is 74.2 Å². The summed E-state index contributed by atoms with van der Waals surface area (Å²) in [7, 11) is 0. The van der Waals surface area contributed by atoms with Crippen LogP contribution >= 0.6 is 0 Å². The van der Waals surface area contributed by atoms with Gasteiger partial charge in [0, 0.05) is 26.4 Å². The third-order valence-corrected chi connectivity index (χ3v) is 6.32. The van der Waals surface area contributed by atoms with Crippen molar-refractivity contribution >= 4 is 23.9 Å². The SMILES string of the molecule is C1CCOC1.C1CCOC1.O=C([O-])c1c(F)cccc1F.O=C([O-])c1c(F)cccc1F.O=C([O-])c1c(F)cccc1F.O=C([O-])c1c(F)cccc1F.[Cr+2].[Cr+2]. The summed E-state index contributed by atoms with van der Waals surface area (Å²) < 4.78 is 109. The van der Waals surface area contributed by atoms with Crippen molar-refractivity contribution < 1.29 is 119 Å². The molecule has 2 aliphatic heterocycles. The quantitative estimate of drug-likeness (QED) is 0.277. The van der Waals surface area contributed by atoms with Crippen molar-refractivity contribution in [1.82, 2.24) is 0 Å². The van der Waals surface area contributed by atoms with Gasteiger partial charge in [-0.3, -0.25) is 0 Å². The zero-order chi connectivity index (χ0) is 40.8. The Morgan fingerprint density at radius 1 is 0.357 bits per heavy atom. The van der Waals surface area contributed by atoms with Crippen LogP contribution in [0.25, 0.3) is 0 Å². The minimum Gasteiger partial charge on any atom is -0.545 e. The second kappa shape index (κ2) is 28.6. The molecule has 2 saturated heterocycles. The zero-order valence-electron chi connectivity index (χ0n) is 28.5. The summed E-state index contributed by atoms with van der Waals surface area (Å²) in [5, 5.41) is 40.2. The number of halogens is 8. The molecule has 0 atom stereocenters. The van der Waals surface area contributed by atoms with E-state index in [4.69, 9.17) is 9.47 Å². The van der Waals surface area contributed by atoms with Crippen LogP contribution in [0.4, 0.5) is 35.1 Å². The molecule has 0 aromatic heterocycles. The Morgan fingerprint density at radius 2 is 0.500 bits per heavy atom. The third-order valence-electron chi connectivity index (χ3n) is 6.32. The van der Waals surface area contributed by atoms with Gasteiger partial charge < -0.3 is 49.1 Å². The Labute approximate surface area is 335 Å². The minimum atomic E-state index is -1.85. The Bertz CT molecular complexity index is 1510. The van der Waals surface area contributed by atoms with Crippen molar-refractivity contribution in [2.75, 3.05) is 26.4 Å². The molecule has 0 bridgehead atoms. The molecule has 10 nitrogen and oxygen atoms in total. The van der Waals surface area contributed by atoms with E-state index in [0.29, 0.717) is 0 Å². The Hall–Kier alpha value is -4.82. The van der Waals surface area contributed by atoms with Gasteiger partial charge in [-0.15, -0.1) is 0 Å². The number of carbonyl (C=O) groups is 4. The molecule has 2 aliphatic rings. The number of aromatic carboxylic acids is 4. The van der Waals surface area contributed by atoms with Crippen LogP contribution in [0.15, 0.2) is 72.8 Å². The number of carboxylic acid groups (broad SMARTS) is 4. The maximum atomic E-state index is 12.4. The monoisotopic (exact) mass is 876 g/mol. The van der Waals surface area contributed by atoms with Crippen molar-refractivity contribution in [3.8, 4) is 0 Å². The van der Waals surface area contributed by atoms with Gasteiger partial charge in [-0.1, -0.05) is 24.3 Å². The summed E-state index contributed by atoms with van der Waals surface area (Å²) in [5.41, 5.74) is -4.08. The molecule has 6 rings (SSSR count). The maximum Gasteiger partial charge on any atom is 2.00 e. The van der Waals surface area contributed by atoms with Gasteiger partial charge >= 0.3 is 34.7 Å². The van der Waals surface area contributed by atoms with Gasteiger partial charge in [0.05, 0.1) is 46.1 Å². The van der Waals surface area contributed by atoms with Crippen LogP contribution in [-0.2, 0) is 44.2 Å². The van der Waals surface area contributed by atoms with Crippen LogP contribution in [-0.4, -0.2) is 50.3 Å². The molecule has 20 heteroatoms. The van der Waals surface area contributed by atoms with Crippen molar-refractivity contribution in [2.45, 2.75) is 25.7 Å². The fourth-order valence-electron chi connectivity index (χ4n) is 3.79. The number of rotatable bonds is 4. The van der Waals surface area contributed by atoms with E-state index < -0.39 is 92.7 Å². The largest absolute Gasteiger partial charge is 2.00 e. The second-order valence-corrected chi connectivity index (χ2v) is 10.2. The van der Waals surface area contributed by atoms with Gasteiger partial charge in [0.1, 0.15) is 46.5 Å². The Kier molecular flexibility index (Phi) is 27.2. The summed E-state index contributed by atoms with van der Waals surface area (Å²) in [6.45, 7) is 4.00. The molecule has 0 aliphatic carbocycles. The van der Waals surface area contributed by atoms with Crippen LogP contribution in [0.3, 0.4) is 0 Å². The predicted octanol–water partition coefficient (Wildman–Crippen LogP) is 2.90. The number of benzene rings is 4. The number of ether oxygens (including phenoxy) is 2. The van der Waals surface area contributed by atoms with E-state index >= 15 is 0 Å². The molecule has 0 spiro atoms.